The summed E-state index contributed by atoms with van der Waals surface area (Å²) in [5.74, 6) is 0.242. The van der Waals surface area contributed by atoms with Gasteiger partial charge < -0.3 is 5.73 Å². The summed E-state index contributed by atoms with van der Waals surface area (Å²) in [6.45, 7) is 1.80. The Kier molecular flexibility index (Phi) is 3.59. The first-order chi connectivity index (χ1) is 7.68. The predicted octanol–water partition coefficient (Wildman–Crippen LogP) is 3.51. The zero-order valence-corrected chi connectivity index (χ0v) is 9.88. The van der Waals surface area contributed by atoms with Gasteiger partial charge in [0, 0.05) is 6.04 Å². The number of aryl methyl sites for hydroxylation is 1. The van der Waals surface area contributed by atoms with Crippen molar-refractivity contribution in [2.45, 2.75) is 51.0 Å². The normalized spacial score (nSPS) is 26.4. The zero-order valence-electron chi connectivity index (χ0n) is 9.88. The first-order valence-electron chi connectivity index (χ1n) is 6.20. The van der Waals surface area contributed by atoms with Gasteiger partial charge >= 0.3 is 0 Å². The van der Waals surface area contributed by atoms with E-state index in [2.05, 4.69) is 0 Å². The number of halogens is 1. The van der Waals surface area contributed by atoms with Crippen molar-refractivity contribution in [1.29, 1.82) is 0 Å². The van der Waals surface area contributed by atoms with Gasteiger partial charge in [0.2, 0.25) is 0 Å². The average molecular weight is 221 g/mol. The Morgan fingerprint density at radius 2 is 1.94 bits per heavy atom. The maximum Gasteiger partial charge on any atom is 0.126 e. The van der Waals surface area contributed by atoms with Crippen LogP contribution in [0, 0.1) is 12.7 Å². The third-order valence-corrected chi connectivity index (χ3v) is 3.69. The van der Waals surface area contributed by atoms with E-state index in [1.54, 1.807) is 13.0 Å². The molecule has 1 saturated carbocycles. The Hall–Kier alpha value is -0.890. The van der Waals surface area contributed by atoms with Crippen molar-refractivity contribution in [3.8, 4) is 0 Å². The van der Waals surface area contributed by atoms with E-state index in [4.69, 9.17) is 5.73 Å². The maximum absolute atomic E-state index is 13.5. The van der Waals surface area contributed by atoms with Crippen LogP contribution in [0.5, 0.6) is 0 Å². The van der Waals surface area contributed by atoms with Gasteiger partial charge in [-0.05, 0) is 42.9 Å². The largest absolute Gasteiger partial charge is 0.327 e. The molecule has 1 nitrogen and oxygen atoms in total. The highest BCUT2D eigenvalue weighted by atomic mass is 19.1. The van der Waals surface area contributed by atoms with E-state index in [0.717, 1.165) is 18.4 Å². The third kappa shape index (κ3) is 2.43. The number of rotatable bonds is 1. The fraction of sp³-hybridized carbons (Fsp3) is 0.571. The van der Waals surface area contributed by atoms with Crippen LogP contribution in [0.1, 0.15) is 49.1 Å². The number of benzene rings is 1. The van der Waals surface area contributed by atoms with Gasteiger partial charge in [0.25, 0.3) is 0 Å². The van der Waals surface area contributed by atoms with Crippen molar-refractivity contribution in [2.75, 3.05) is 0 Å². The molecule has 0 bridgehead atoms. The lowest BCUT2D eigenvalue weighted by atomic mass is 9.88. The van der Waals surface area contributed by atoms with Crippen molar-refractivity contribution in [1.82, 2.24) is 0 Å². The predicted molar refractivity (Wildman–Crippen MR) is 64.9 cm³/mol. The monoisotopic (exact) mass is 221 g/mol. The Bertz CT molecular complexity index is 362. The molecule has 2 rings (SSSR count). The van der Waals surface area contributed by atoms with E-state index in [0.29, 0.717) is 11.5 Å². The van der Waals surface area contributed by atoms with Crippen molar-refractivity contribution in [3.05, 3.63) is 35.1 Å². The van der Waals surface area contributed by atoms with E-state index in [1.165, 1.54) is 19.3 Å². The second-order valence-electron chi connectivity index (χ2n) is 4.92. The van der Waals surface area contributed by atoms with Crippen LogP contribution in [-0.2, 0) is 0 Å². The molecular formula is C14H20FN. The first-order valence-corrected chi connectivity index (χ1v) is 6.20. The molecule has 1 aromatic rings. The summed E-state index contributed by atoms with van der Waals surface area (Å²) in [6, 6.07) is 5.77. The molecule has 1 aromatic carbocycles. The molecule has 1 aliphatic rings. The topological polar surface area (TPSA) is 26.0 Å². The molecule has 0 heterocycles. The lowest BCUT2D eigenvalue weighted by molar-refractivity contribution is 0.501. The summed E-state index contributed by atoms with van der Waals surface area (Å²) in [5.41, 5.74) is 7.97. The smallest absolute Gasteiger partial charge is 0.126 e. The van der Waals surface area contributed by atoms with Crippen molar-refractivity contribution in [3.63, 3.8) is 0 Å². The van der Waals surface area contributed by atoms with Gasteiger partial charge in [0.1, 0.15) is 5.82 Å². The fourth-order valence-corrected chi connectivity index (χ4v) is 2.59. The van der Waals surface area contributed by atoms with Crippen molar-refractivity contribution in [2.24, 2.45) is 5.73 Å². The molecule has 0 spiro atoms. The summed E-state index contributed by atoms with van der Waals surface area (Å²) < 4.78 is 13.5. The van der Waals surface area contributed by atoms with Gasteiger partial charge in [-0.1, -0.05) is 31.4 Å². The molecule has 88 valence electrons. The molecule has 1 fully saturated rings. The van der Waals surface area contributed by atoms with Gasteiger partial charge in [-0.15, -0.1) is 0 Å². The highest BCUT2D eigenvalue weighted by Crippen LogP contribution is 2.31. The number of hydrogen-bond acceptors (Lipinski definition) is 1. The minimum Gasteiger partial charge on any atom is -0.327 e. The van der Waals surface area contributed by atoms with Gasteiger partial charge in [-0.25, -0.2) is 4.39 Å². The van der Waals surface area contributed by atoms with Crippen molar-refractivity contribution >= 4 is 0 Å². The molecule has 2 atom stereocenters. The van der Waals surface area contributed by atoms with Crippen LogP contribution < -0.4 is 5.73 Å². The second kappa shape index (κ2) is 4.96. The molecule has 0 saturated heterocycles. The Balaban J connectivity index is 2.23. The van der Waals surface area contributed by atoms with E-state index in [9.17, 15) is 4.39 Å². The highest BCUT2D eigenvalue weighted by Gasteiger charge is 2.22. The second-order valence-corrected chi connectivity index (χ2v) is 4.92. The van der Waals surface area contributed by atoms with Crippen molar-refractivity contribution < 1.29 is 4.39 Å². The SMILES string of the molecule is Cc1ccc(C2CCCCCC2N)cc1F. The summed E-state index contributed by atoms with van der Waals surface area (Å²) in [7, 11) is 0. The molecule has 16 heavy (non-hydrogen) atoms. The van der Waals surface area contributed by atoms with Gasteiger partial charge in [-0.3, -0.25) is 0 Å². The molecule has 2 heteroatoms. The molecule has 0 radical (unpaired) electrons. The van der Waals surface area contributed by atoms with Crippen LogP contribution in [0.2, 0.25) is 0 Å². The van der Waals surface area contributed by atoms with Crippen LogP contribution >= 0.6 is 0 Å². The Morgan fingerprint density at radius 3 is 2.69 bits per heavy atom. The van der Waals surface area contributed by atoms with Crippen LogP contribution in [0.4, 0.5) is 4.39 Å². The molecule has 2 N–H and O–H groups in total. The lowest BCUT2D eigenvalue weighted by Crippen LogP contribution is -2.27. The molecule has 0 amide bonds. The number of hydrogen-bond donors (Lipinski definition) is 1. The fourth-order valence-electron chi connectivity index (χ4n) is 2.59. The third-order valence-electron chi connectivity index (χ3n) is 3.69. The molecule has 1 aliphatic carbocycles. The molecule has 2 unspecified atom stereocenters. The summed E-state index contributed by atoms with van der Waals surface area (Å²) in [6.07, 6.45) is 5.86. The minimum atomic E-state index is -0.103. The molecule has 0 aliphatic heterocycles. The first kappa shape index (κ1) is 11.6. The van der Waals surface area contributed by atoms with E-state index < -0.39 is 0 Å². The number of nitrogens with two attached hydrogens (primary N) is 1. The summed E-state index contributed by atoms with van der Waals surface area (Å²) in [5, 5.41) is 0. The Labute approximate surface area is 96.9 Å². The lowest BCUT2D eigenvalue weighted by Gasteiger charge is -2.22. The van der Waals surface area contributed by atoms with E-state index >= 15 is 0 Å². The van der Waals surface area contributed by atoms with Gasteiger partial charge in [0.05, 0.1) is 0 Å². The summed E-state index contributed by atoms with van der Waals surface area (Å²) >= 11 is 0. The van der Waals surface area contributed by atoms with Crippen LogP contribution in [0.15, 0.2) is 18.2 Å². The minimum absolute atomic E-state index is 0.103. The Morgan fingerprint density at radius 1 is 1.19 bits per heavy atom. The quantitative estimate of drug-likeness (QED) is 0.721. The van der Waals surface area contributed by atoms with Gasteiger partial charge in [0.15, 0.2) is 0 Å². The standard InChI is InChI=1S/C14H20FN/c1-10-7-8-11(9-13(10)15)12-5-3-2-4-6-14(12)16/h7-9,12,14H,2-6,16H2,1H3. The average Bonchev–Trinajstić information content (AvgIpc) is 2.47. The van der Waals surface area contributed by atoms with Crippen LogP contribution in [-0.4, -0.2) is 6.04 Å². The van der Waals surface area contributed by atoms with Gasteiger partial charge in [-0.2, -0.15) is 0 Å². The van der Waals surface area contributed by atoms with E-state index in [1.807, 2.05) is 12.1 Å². The van der Waals surface area contributed by atoms with Crippen LogP contribution in [0.25, 0.3) is 0 Å². The van der Waals surface area contributed by atoms with E-state index in [-0.39, 0.29) is 11.9 Å². The highest BCUT2D eigenvalue weighted by molar-refractivity contribution is 5.27. The maximum atomic E-state index is 13.5. The molecule has 0 aromatic heterocycles. The van der Waals surface area contributed by atoms with Crippen LogP contribution in [0.3, 0.4) is 0 Å². The molecular weight excluding hydrogens is 201 g/mol. The summed E-state index contributed by atoms with van der Waals surface area (Å²) in [4.78, 5) is 0. The zero-order chi connectivity index (χ0) is 11.5.